The molecule has 2 heterocycles. The maximum absolute atomic E-state index is 12.0. The van der Waals surface area contributed by atoms with Crippen LogP contribution in [0.25, 0.3) is 0 Å². The summed E-state index contributed by atoms with van der Waals surface area (Å²) in [7, 11) is 0. The SMILES string of the molecule is Cl.O=C(Nc1ccc2c(c1)OCCCO2)c1ccncc1. The van der Waals surface area contributed by atoms with Crippen molar-refractivity contribution in [1.82, 2.24) is 4.98 Å². The van der Waals surface area contributed by atoms with Gasteiger partial charge in [0.2, 0.25) is 0 Å². The maximum atomic E-state index is 12.0. The molecule has 6 heteroatoms. The predicted octanol–water partition coefficient (Wildman–Crippen LogP) is 2.92. The second-order valence-electron chi connectivity index (χ2n) is 4.40. The molecule has 1 aliphatic heterocycles. The average molecular weight is 307 g/mol. The number of amides is 1. The Labute approximate surface area is 128 Å². The maximum Gasteiger partial charge on any atom is 0.255 e. The number of benzene rings is 1. The molecule has 0 fully saturated rings. The van der Waals surface area contributed by atoms with Gasteiger partial charge in [-0.05, 0) is 24.3 Å². The molecule has 0 unspecified atom stereocenters. The monoisotopic (exact) mass is 306 g/mol. The zero-order valence-corrected chi connectivity index (χ0v) is 12.1. The van der Waals surface area contributed by atoms with Gasteiger partial charge in [0, 0.05) is 36.1 Å². The van der Waals surface area contributed by atoms with E-state index in [9.17, 15) is 4.79 Å². The summed E-state index contributed by atoms with van der Waals surface area (Å²) in [6.07, 6.45) is 4.03. The van der Waals surface area contributed by atoms with Crippen molar-refractivity contribution in [3.05, 3.63) is 48.3 Å². The lowest BCUT2D eigenvalue weighted by Crippen LogP contribution is -2.11. The van der Waals surface area contributed by atoms with E-state index in [-0.39, 0.29) is 18.3 Å². The van der Waals surface area contributed by atoms with Crippen molar-refractivity contribution in [2.24, 2.45) is 0 Å². The summed E-state index contributed by atoms with van der Waals surface area (Å²) >= 11 is 0. The van der Waals surface area contributed by atoms with Gasteiger partial charge in [0.1, 0.15) is 0 Å². The van der Waals surface area contributed by atoms with Crippen LogP contribution in [0.3, 0.4) is 0 Å². The summed E-state index contributed by atoms with van der Waals surface area (Å²) in [6, 6.07) is 8.71. The molecular weight excluding hydrogens is 292 g/mol. The van der Waals surface area contributed by atoms with Crippen LogP contribution in [-0.4, -0.2) is 24.1 Å². The van der Waals surface area contributed by atoms with Gasteiger partial charge >= 0.3 is 0 Å². The van der Waals surface area contributed by atoms with Crippen molar-refractivity contribution < 1.29 is 14.3 Å². The Kier molecular flexibility index (Phi) is 5.00. The van der Waals surface area contributed by atoms with Crippen LogP contribution in [0.5, 0.6) is 11.5 Å². The van der Waals surface area contributed by atoms with E-state index in [1.807, 2.05) is 6.07 Å². The van der Waals surface area contributed by atoms with Gasteiger partial charge in [-0.3, -0.25) is 9.78 Å². The molecular formula is C15H15ClN2O3. The van der Waals surface area contributed by atoms with Gasteiger partial charge in [0.15, 0.2) is 11.5 Å². The number of hydrogen-bond donors (Lipinski definition) is 1. The number of carbonyl (C=O) groups is 1. The second-order valence-corrected chi connectivity index (χ2v) is 4.40. The number of nitrogens with zero attached hydrogens (tertiary/aromatic N) is 1. The van der Waals surface area contributed by atoms with Crippen molar-refractivity contribution in [2.45, 2.75) is 6.42 Å². The van der Waals surface area contributed by atoms with Gasteiger partial charge < -0.3 is 14.8 Å². The number of ether oxygens (including phenoxy) is 2. The molecule has 1 amide bonds. The topological polar surface area (TPSA) is 60.5 Å². The van der Waals surface area contributed by atoms with Gasteiger partial charge in [-0.1, -0.05) is 0 Å². The highest BCUT2D eigenvalue weighted by Crippen LogP contribution is 2.32. The molecule has 0 radical (unpaired) electrons. The number of carbonyl (C=O) groups excluding carboxylic acids is 1. The first-order valence-electron chi connectivity index (χ1n) is 6.44. The second kappa shape index (κ2) is 6.95. The Morgan fingerprint density at radius 1 is 1.05 bits per heavy atom. The third kappa shape index (κ3) is 3.64. The molecule has 0 atom stereocenters. The Hall–Kier alpha value is -2.27. The Morgan fingerprint density at radius 3 is 2.52 bits per heavy atom. The highest BCUT2D eigenvalue weighted by atomic mass is 35.5. The first kappa shape index (κ1) is 15.1. The fourth-order valence-corrected chi connectivity index (χ4v) is 1.95. The van der Waals surface area contributed by atoms with E-state index in [0.717, 1.165) is 6.42 Å². The van der Waals surface area contributed by atoms with E-state index in [1.54, 1.807) is 36.7 Å². The zero-order chi connectivity index (χ0) is 13.8. The first-order chi connectivity index (χ1) is 9.83. The average Bonchev–Trinajstić information content (AvgIpc) is 2.73. The summed E-state index contributed by atoms with van der Waals surface area (Å²) in [5.41, 5.74) is 1.24. The molecule has 0 saturated heterocycles. The molecule has 1 aromatic carbocycles. The molecule has 0 saturated carbocycles. The number of halogens is 1. The summed E-state index contributed by atoms with van der Waals surface area (Å²) < 4.78 is 11.1. The van der Waals surface area contributed by atoms with Crippen LogP contribution in [-0.2, 0) is 0 Å². The van der Waals surface area contributed by atoms with Gasteiger partial charge in [-0.25, -0.2) is 0 Å². The molecule has 5 nitrogen and oxygen atoms in total. The van der Waals surface area contributed by atoms with Crippen LogP contribution in [0, 0.1) is 0 Å². The van der Waals surface area contributed by atoms with Crippen LogP contribution in [0.4, 0.5) is 5.69 Å². The Bertz CT molecular complexity index is 620. The van der Waals surface area contributed by atoms with Crippen molar-refractivity contribution in [3.8, 4) is 11.5 Å². The molecule has 0 bridgehead atoms. The minimum Gasteiger partial charge on any atom is -0.490 e. The lowest BCUT2D eigenvalue weighted by molar-refractivity contribution is 0.102. The standard InChI is InChI=1S/C15H14N2O3.ClH/c18-15(11-4-6-16-7-5-11)17-12-2-3-13-14(10-12)20-9-1-8-19-13;/h2-7,10H,1,8-9H2,(H,17,18);1H. The number of anilines is 1. The van der Waals surface area contributed by atoms with E-state index >= 15 is 0 Å². The number of fused-ring (bicyclic) bond motifs is 1. The van der Waals surface area contributed by atoms with Crippen molar-refractivity contribution in [3.63, 3.8) is 0 Å². The van der Waals surface area contributed by atoms with Crippen molar-refractivity contribution in [2.75, 3.05) is 18.5 Å². The van der Waals surface area contributed by atoms with E-state index < -0.39 is 0 Å². The summed E-state index contributed by atoms with van der Waals surface area (Å²) in [5.74, 6) is 1.20. The predicted molar refractivity (Wildman–Crippen MR) is 81.5 cm³/mol. The molecule has 0 aliphatic carbocycles. The molecule has 1 aromatic heterocycles. The van der Waals surface area contributed by atoms with Crippen molar-refractivity contribution in [1.29, 1.82) is 0 Å². The Morgan fingerprint density at radius 2 is 1.76 bits per heavy atom. The molecule has 21 heavy (non-hydrogen) atoms. The molecule has 0 spiro atoms. The van der Waals surface area contributed by atoms with E-state index in [4.69, 9.17) is 9.47 Å². The fraction of sp³-hybridized carbons (Fsp3) is 0.200. The highest BCUT2D eigenvalue weighted by molar-refractivity contribution is 6.04. The van der Waals surface area contributed by atoms with Gasteiger partial charge in [-0.15, -0.1) is 12.4 Å². The number of rotatable bonds is 2. The van der Waals surface area contributed by atoms with Crippen LogP contribution in [0.15, 0.2) is 42.7 Å². The third-order valence-corrected chi connectivity index (χ3v) is 2.95. The summed E-state index contributed by atoms with van der Waals surface area (Å²) in [5, 5.41) is 2.83. The minimum atomic E-state index is -0.179. The number of aromatic nitrogens is 1. The van der Waals surface area contributed by atoms with Crippen molar-refractivity contribution >= 4 is 24.0 Å². The fourth-order valence-electron chi connectivity index (χ4n) is 1.95. The first-order valence-corrected chi connectivity index (χ1v) is 6.44. The summed E-state index contributed by atoms with van der Waals surface area (Å²) in [4.78, 5) is 15.9. The zero-order valence-electron chi connectivity index (χ0n) is 11.2. The van der Waals surface area contributed by atoms with Gasteiger partial charge in [0.05, 0.1) is 13.2 Å². The minimum absolute atomic E-state index is 0. The van der Waals surface area contributed by atoms with E-state index in [2.05, 4.69) is 10.3 Å². The third-order valence-electron chi connectivity index (χ3n) is 2.95. The molecule has 2 aromatic rings. The smallest absolute Gasteiger partial charge is 0.255 e. The molecule has 1 N–H and O–H groups in total. The van der Waals surface area contributed by atoms with Crippen LogP contribution in [0.1, 0.15) is 16.8 Å². The molecule has 110 valence electrons. The molecule has 1 aliphatic rings. The normalized spacial score (nSPS) is 12.8. The van der Waals surface area contributed by atoms with Gasteiger partial charge in [0.25, 0.3) is 5.91 Å². The number of hydrogen-bond acceptors (Lipinski definition) is 4. The largest absolute Gasteiger partial charge is 0.490 e. The summed E-state index contributed by atoms with van der Waals surface area (Å²) in [6.45, 7) is 1.27. The van der Waals surface area contributed by atoms with E-state index in [0.29, 0.717) is 36.0 Å². The van der Waals surface area contributed by atoms with Crippen LogP contribution < -0.4 is 14.8 Å². The quantitative estimate of drug-likeness (QED) is 0.926. The lowest BCUT2D eigenvalue weighted by Gasteiger charge is -2.10. The highest BCUT2D eigenvalue weighted by Gasteiger charge is 2.12. The van der Waals surface area contributed by atoms with Crippen LogP contribution in [0.2, 0.25) is 0 Å². The molecule has 3 rings (SSSR count). The van der Waals surface area contributed by atoms with Crippen LogP contribution >= 0.6 is 12.4 Å². The van der Waals surface area contributed by atoms with E-state index in [1.165, 1.54) is 0 Å². The van der Waals surface area contributed by atoms with Gasteiger partial charge in [-0.2, -0.15) is 0 Å². The number of nitrogens with one attached hydrogen (secondary N) is 1. The number of pyridine rings is 1. The Balaban J connectivity index is 0.00000161. The lowest BCUT2D eigenvalue weighted by atomic mass is 10.2.